The Balaban J connectivity index is 1.62. The van der Waals surface area contributed by atoms with Gasteiger partial charge in [0, 0.05) is 16.8 Å². The number of quaternary nitrogens is 1. The zero-order chi connectivity index (χ0) is 19.7. The Hall–Kier alpha value is -2.29. The van der Waals surface area contributed by atoms with Crippen LogP contribution in [-0.2, 0) is 16.7 Å². The van der Waals surface area contributed by atoms with Crippen molar-refractivity contribution < 1.29 is 17.7 Å². The van der Waals surface area contributed by atoms with E-state index >= 15 is 0 Å². The van der Waals surface area contributed by atoms with Crippen molar-refractivity contribution in [3.63, 3.8) is 0 Å². The standard InChI is InChI=1S/C19H20ClN3O4S/c20-14-4-6-15(7-5-14)21-28(25,26)16-8-9-17-18(12-16)27-19(24)23(17)13-22-10-2-1-3-11-22/h4-9,12,21H,1-3,10-11,13H2/p+1. The highest BCUT2D eigenvalue weighted by atomic mass is 35.5. The summed E-state index contributed by atoms with van der Waals surface area (Å²) in [5.41, 5.74) is 1.27. The first-order valence-corrected chi connectivity index (χ1v) is 11.0. The Kier molecular flexibility index (Phi) is 5.18. The number of oxazole rings is 1. The zero-order valence-electron chi connectivity index (χ0n) is 15.2. The lowest BCUT2D eigenvalue weighted by atomic mass is 10.1. The van der Waals surface area contributed by atoms with E-state index in [0.717, 1.165) is 25.9 Å². The van der Waals surface area contributed by atoms with E-state index in [1.54, 1.807) is 34.9 Å². The van der Waals surface area contributed by atoms with Crippen LogP contribution in [0.25, 0.3) is 11.1 Å². The minimum atomic E-state index is -3.82. The highest BCUT2D eigenvalue weighted by molar-refractivity contribution is 7.92. The lowest BCUT2D eigenvalue weighted by Gasteiger charge is -2.23. The second kappa shape index (κ2) is 7.62. The smallest absolute Gasteiger partial charge is 0.408 e. The Bertz CT molecular complexity index is 1150. The van der Waals surface area contributed by atoms with Crippen LogP contribution < -0.4 is 15.4 Å². The maximum Gasteiger partial charge on any atom is 0.424 e. The fourth-order valence-electron chi connectivity index (χ4n) is 3.53. The summed E-state index contributed by atoms with van der Waals surface area (Å²) in [6.45, 7) is 2.58. The second-order valence-corrected chi connectivity index (χ2v) is 9.13. The van der Waals surface area contributed by atoms with Crippen molar-refractivity contribution in [1.29, 1.82) is 0 Å². The molecule has 0 amide bonds. The van der Waals surface area contributed by atoms with Crippen LogP contribution >= 0.6 is 11.6 Å². The summed E-state index contributed by atoms with van der Waals surface area (Å²) >= 11 is 5.83. The quantitative estimate of drug-likeness (QED) is 0.659. The van der Waals surface area contributed by atoms with Gasteiger partial charge in [0.2, 0.25) is 0 Å². The van der Waals surface area contributed by atoms with Gasteiger partial charge in [0.05, 0.1) is 23.5 Å². The van der Waals surface area contributed by atoms with Gasteiger partial charge in [-0.25, -0.2) is 17.8 Å². The SMILES string of the molecule is O=c1oc2cc(S(=O)(=O)Nc3ccc(Cl)cc3)ccc2n1C[NH+]1CCCCC1. The summed E-state index contributed by atoms with van der Waals surface area (Å²) in [5.74, 6) is -0.465. The Morgan fingerprint density at radius 2 is 1.79 bits per heavy atom. The van der Waals surface area contributed by atoms with Gasteiger partial charge in [-0.2, -0.15) is 0 Å². The minimum Gasteiger partial charge on any atom is -0.408 e. The molecule has 0 radical (unpaired) electrons. The third-order valence-corrected chi connectivity index (χ3v) is 6.62. The Labute approximate surface area is 167 Å². The predicted octanol–water partition coefficient (Wildman–Crippen LogP) is 2.07. The van der Waals surface area contributed by atoms with Gasteiger partial charge in [-0.15, -0.1) is 0 Å². The van der Waals surface area contributed by atoms with Gasteiger partial charge in [-0.1, -0.05) is 11.6 Å². The summed E-state index contributed by atoms with van der Waals surface area (Å²) in [6.07, 6.45) is 3.53. The van der Waals surface area contributed by atoms with Crippen molar-refractivity contribution in [3.8, 4) is 0 Å². The molecular formula is C19H21ClN3O4S+. The highest BCUT2D eigenvalue weighted by Gasteiger charge is 2.21. The van der Waals surface area contributed by atoms with Gasteiger partial charge in [-0.05, 0) is 55.7 Å². The van der Waals surface area contributed by atoms with Crippen LogP contribution in [-0.4, -0.2) is 26.1 Å². The van der Waals surface area contributed by atoms with Crippen molar-refractivity contribution in [1.82, 2.24) is 4.57 Å². The van der Waals surface area contributed by atoms with Gasteiger partial charge < -0.3 is 9.32 Å². The van der Waals surface area contributed by atoms with Gasteiger partial charge in [0.1, 0.15) is 0 Å². The van der Waals surface area contributed by atoms with Gasteiger partial charge in [-0.3, -0.25) is 4.72 Å². The molecule has 3 aromatic rings. The molecule has 0 spiro atoms. The van der Waals surface area contributed by atoms with E-state index in [-0.39, 0.29) is 10.5 Å². The molecule has 7 nitrogen and oxygen atoms in total. The van der Waals surface area contributed by atoms with Crippen LogP contribution in [0.3, 0.4) is 0 Å². The van der Waals surface area contributed by atoms with Crippen LogP contribution in [0.5, 0.6) is 0 Å². The largest absolute Gasteiger partial charge is 0.424 e. The molecule has 1 aliphatic rings. The molecule has 0 aliphatic carbocycles. The van der Waals surface area contributed by atoms with E-state index in [9.17, 15) is 13.2 Å². The molecule has 0 atom stereocenters. The zero-order valence-corrected chi connectivity index (χ0v) is 16.7. The van der Waals surface area contributed by atoms with E-state index in [1.807, 2.05) is 0 Å². The summed E-state index contributed by atoms with van der Waals surface area (Å²) < 4.78 is 34.7. The van der Waals surface area contributed by atoms with Crippen LogP contribution in [0.1, 0.15) is 19.3 Å². The maximum atomic E-state index is 12.7. The average Bonchev–Trinajstić information content (AvgIpc) is 2.99. The Morgan fingerprint density at radius 3 is 2.50 bits per heavy atom. The van der Waals surface area contributed by atoms with Crippen LogP contribution in [0, 0.1) is 0 Å². The van der Waals surface area contributed by atoms with Crippen molar-refractivity contribution in [2.45, 2.75) is 30.8 Å². The highest BCUT2D eigenvalue weighted by Crippen LogP contribution is 2.22. The number of hydrogen-bond acceptors (Lipinski definition) is 4. The Morgan fingerprint density at radius 1 is 1.07 bits per heavy atom. The summed E-state index contributed by atoms with van der Waals surface area (Å²) in [7, 11) is -3.82. The van der Waals surface area contributed by atoms with Crippen LogP contribution in [0.2, 0.25) is 5.02 Å². The first-order valence-electron chi connectivity index (χ1n) is 9.18. The molecular weight excluding hydrogens is 402 g/mol. The molecule has 2 aromatic carbocycles. The normalized spacial score (nSPS) is 15.8. The van der Waals surface area contributed by atoms with Crippen LogP contribution in [0.4, 0.5) is 5.69 Å². The number of nitrogens with zero attached hydrogens (tertiary/aromatic N) is 1. The number of likely N-dealkylation sites (tertiary alicyclic amines) is 1. The van der Waals surface area contributed by atoms with E-state index in [2.05, 4.69) is 4.72 Å². The first-order chi connectivity index (χ1) is 13.4. The third kappa shape index (κ3) is 3.94. The van der Waals surface area contributed by atoms with E-state index in [0.29, 0.717) is 22.9 Å². The molecule has 1 fully saturated rings. The number of nitrogens with one attached hydrogen (secondary N) is 2. The number of anilines is 1. The third-order valence-electron chi connectivity index (χ3n) is 4.99. The minimum absolute atomic E-state index is 0.0289. The number of rotatable bonds is 5. The van der Waals surface area contributed by atoms with Gasteiger partial charge in [0.15, 0.2) is 12.3 Å². The fourth-order valence-corrected chi connectivity index (χ4v) is 4.73. The van der Waals surface area contributed by atoms with E-state index in [1.165, 1.54) is 23.5 Å². The summed E-state index contributed by atoms with van der Waals surface area (Å²) in [6, 6.07) is 10.9. The predicted molar refractivity (Wildman–Crippen MR) is 107 cm³/mol. The molecule has 28 heavy (non-hydrogen) atoms. The molecule has 1 aromatic heterocycles. The number of aromatic nitrogens is 1. The number of halogens is 1. The molecule has 9 heteroatoms. The number of benzene rings is 2. The average molecular weight is 423 g/mol. The lowest BCUT2D eigenvalue weighted by Crippen LogP contribution is -3.12. The number of piperidine rings is 1. The van der Waals surface area contributed by atoms with Crippen molar-refractivity contribution >= 4 is 38.4 Å². The van der Waals surface area contributed by atoms with Crippen molar-refractivity contribution in [3.05, 3.63) is 58.0 Å². The molecule has 2 heterocycles. The van der Waals surface area contributed by atoms with Gasteiger partial charge >= 0.3 is 5.76 Å². The molecule has 0 bridgehead atoms. The van der Waals surface area contributed by atoms with E-state index < -0.39 is 15.8 Å². The van der Waals surface area contributed by atoms with Gasteiger partial charge in [0.25, 0.3) is 10.0 Å². The monoisotopic (exact) mass is 422 g/mol. The molecule has 4 rings (SSSR count). The first kappa shape index (κ1) is 19.0. The van der Waals surface area contributed by atoms with Crippen molar-refractivity contribution in [2.24, 2.45) is 0 Å². The molecule has 1 aliphatic heterocycles. The number of hydrogen-bond donors (Lipinski definition) is 2. The summed E-state index contributed by atoms with van der Waals surface area (Å²) in [5, 5.41) is 0.517. The maximum absolute atomic E-state index is 12.7. The molecule has 148 valence electrons. The number of fused-ring (bicyclic) bond motifs is 1. The molecule has 2 N–H and O–H groups in total. The summed E-state index contributed by atoms with van der Waals surface area (Å²) in [4.78, 5) is 13.7. The molecule has 0 saturated carbocycles. The van der Waals surface area contributed by atoms with Crippen LogP contribution in [0.15, 0.2) is 56.6 Å². The van der Waals surface area contributed by atoms with E-state index in [4.69, 9.17) is 16.0 Å². The lowest BCUT2D eigenvalue weighted by molar-refractivity contribution is -0.927. The molecule has 0 unspecified atom stereocenters. The topological polar surface area (TPSA) is 85.8 Å². The van der Waals surface area contributed by atoms with Crippen molar-refractivity contribution in [2.75, 3.05) is 17.8 Å². The fraction of sp³-hybridized carbons (Fsp3) is 0.316. The second-order valence-electron chi connectivity index (χ2n) is 7.01. The molecule has 1 saturated heterocycles. The number of sulfonamides is 1.